The molecule has 0 radical (unpaired) electrons. The summed E-state index contributed by atoms with van der Waals surface area (Å²) in [5.74, 6) is 0.218. The minimum atomic E-state index is 0.133. The van der Waals surface area contributed by atoms with Gasteiger partial charge in [0.05, 0.1) is 11.7 Å². The SMILES string of the molecule is O=C(CCCn1cncn1)N1CCCCC1c1ccccn1. The lowest BCUT2D eigenvalue weighted by Gasteiger charge is -2.35. The lowest BCUT2D eigenvalue weighted by Crippen LogP contribution is -2.38. The van der Waals surface area contributed by atoms with E-state index in [4.69, 9.17) is 0 Å². The van der Waals surface area contributed by atoms with E-state index in [9.17, 15) is 4.79 Å². The zero-order valence-corrected chi connectivity index (χ0v) is 12.6. The summed E-state index contributed by atoms with van der Waals surface area (Å²) >= 11 is 0. The van der Waals surface area contributed by atoms with Crippen molar-refractivity contribution < 1.29 is 4.79 Å². The number of piperidine rings is 1. The second-order valence-corrected chi connectivity index (χ2v) is 5.62. The van der Waals surface area contributed by atoms with Crippen LogP contribution in [0.5, 0.6) is 0 Å². The van der Waals surface area contributed by atoms with Gasteiger partial charge in [0.25, 0.3) is 0 Å². The zero-order valence-electron chi connectivity index (χ0n) is 12.6. The van der Waals surface area contributed by atoms with E-state index < -0.39 is 0 Å². The molecule has 2 aromatic rings. The maximum absolute atomic E-state index is 12.6. The second-order valence-electron chi connectivity index (χ2n) is 5.62. The van der Waals surface area contributed by atoms with Gasteiger partial charge in [-0.25, -0.2) is 4.98 Å². The lowest BCUT2D eigenvalue weighted by atomic mass is 9.98. The van der Waals surface area contributed by atoms with Crippen LogP contribution in [0, 0.1) is 0 Å². The van der Waals surface area contributed by atoms with Gasteiger partial charge in [-0.15, -0.1) is 0 Å². The molecule has 1 unspecified atom stereocenters. The number of pyridine rings is 1. The van der Waals surface area contributed by atoms with Crippen LogP contribution in [-0.2, 0) is 11.3 Å². The summed E-state index contributed by atoms with van der Waals surface area (Å²) in [6, 6.07) is 6.06. The number of hydrogen-bond donors (Lipinski definition) is 0. The first-order valence-corrected chi connectivity index (χ1v) is 7.87. The minimum absolute atomic E-state index is 0.133. The molecule has 0 aliphatic carbocycles. The molecule has 0 N–H and O–H groups in total. The topological polar surface area (TPSA) is 63.9 Å². The molecule has 1 aliphatic rings. The third kappa shape index (κ3) is 3.50. The van der Waals surface area contributed by atoms with Gasteiger partial charge in [0.15, 0.2) is 0 Å². The Morgan fingerprint density at radius 2 is 2.27 bits per heavy atom. The fourth-order valence-electron chi connectivity index (χ4n) is 2.99. The molecule has 0 spiro atoms. The van der Waals surface area contributed by atoms with E-state index in [0.717, 1.165) is 44.5 Å². The summed E-state index contributed by atoms with van der Waals surface area (Å²) in [7, 11) is 0. The van der Waals surface area contributed by atoms with Crippen LogP contribution < -0.4 is 0 Å². The van der Waals surface area contributed by atoms with E-state index in [1.165, 1.54) is 6.33 Å². The molecule has 1 amide bonds. The number of nitrogens with zero attached hydrogens (tertiary/aromatic N) is 5. The van der Waals surface area contributed by atoms with Crippen LogP contribution in [0.15, 0.2) is 37.1 Å². The highest BCUT2D eigenvalue weighted by Gasteiger charge is 2.28. The first-order valence-electron chi connectivity index (χ1n) is 7.87. The van der Waals surface area contributed by atoms with Gasteiger partial charge in [0.1, 0.15) is 12.7 Å². The third-order valence-corrected chi connectivity index (χ3v) is 4.10. The number of aryl methyl sites for hydroxylation is 1. The Balaban J connectivity index is 1.59. The molecular weight excluding hydrogens is 278 g/mol. The van der Waals surface area contributed by atoms with Crippen molar-refractivity contribution >= 4 is 5.91 Å². The highest BCUT2D eigenvalue weighted by atomic mass is 16.2. The standard InChI is InChI=1S/C16H21N5O/c22-16(8-5-10-20-13-17-12-19-20)21-11-4-2-7-15(21)14-6-1-3-9-18-14/h1,3,6,9,12-13,15H,2,4-5,7-8,10-11H2. The van der Waals surface area contributed by atoms with Crippen LogP contribution >= 0.6 is 0 Å². The summed E-state index contributed by atoms with van der Waals surface area (Å²) in [6.07, 6.45) is 9.58. The molecule has 2 aromatic heterocycles. The van der Waals surface area contributed by atoms with Gasteiger partial charge in [-0.05, 0) is 37.8 Å². The Morgan fingerprint density at radius 1 is 1.32 bits per heavy atom. The number of amides is 1. The quantitative estimate of drug-likeness (QED) is 0.849. The number of rotatable bonds is 5. The Labute approximate surface area is 130 Å². The monoisotopic (exact) mass is 299 g/mol. The molecule has 116 valence electrons. The summed E-state index contributed by atoms with van der Waals surface area (Å²) < 4.78 is 1.76. The Morgan fingerprint density at radius 3 is 3.05 bits per heavy atom. The van der Waals surface area contributed by atoms with Crippen LogP contribution in [0.1, 0.15) is 43.8 Å². The molecular formula is C16H21N5O. The van der Waals surface area contributed by atoms with E-state index in [2.05, 4.69) is 15.1 Å². The largest absolute Gasteiger partial charge is 0.334 e. The van der Waals surface area contributed by atoms with Crippen molar-refractivity contribution in [1.29, 1.82) is 0 Å². The molecule has 0 saturated carbocycles. The highest BCUT2D eigenvalue weighted by Crippen LogP contribution is 2.30. The van der Waals surface area contributed by atoms with Crippen molar-refractivity contribution in [2.45, 2.75) is 44.7 Å². The van der Waals surface area contributed by atoms with E-state index in [1.54, 1.807) is 17.2 Å². The molecule has 22 heavy (non-hydrogen) atoms. The van der Waals surface area contributed by atoms with Crippen LogP contribution in [0.2, 0.25) is 0 Å². The van der Waals surface area contributed by atoms with Gasteiger partial charge < -0.3 is 4.90 Å². The highest BCUT2D eigenvalue weighted by molar-refractivity contribution is 5.76. The van der Waals surface area contributed by atoms with Gasteiger partial charge in [-0.1, -0.05) is 6.07 Å². The number of carbonyl (C=O) groups excluding carboxylic acids is 1. The van der Waals surface area contributed by atoms with Crippen molar-refractivity contribution in [2.75, 3.05) is 6.54 Å². The smallest absolute Gasteiger partial charge is 0.223 e. The van der Waals surface area contributed by atoms with Gasteiger partial charge in [-0.2, -0.15) is 5.10 Å². The van der Waals surface area contributed by atoms with E-state index in [0.29, 0.717) is 6.42 Å². The first kappa shape index (κ1) is 14.7. The van der Waals surface area contributed by atoms with Crippen LogP contribution in [-0.4, -0.2) is 37.1 Å². The fraction of sp³-hybridized carbons (Fsp3) is 0.500. The molecule has 1 saturated heterocycles. The molecule has 1 fully saturated rings. The molecule has 6 heteroatoms. The second kappa shape index (κ2) is 7.15. The molecule has 1 atom stereocenters. The van der Waals surface area contributed by atoms with Gasteiger partial charge in [0.2, 0.25) is 5.91 Å². The van der Waals surface area contributed by atoms with Crippen molar-refractivity contribution in [3.63, 3.8) is 0 Å². The molecule has 3 heterocycles. The maximum Gasteiger partial charge on any atom is 0.223 e. The molecule has 3 rings (SSSR count). The third-order valence-electron chi connectivity index (χ3n) is 4.10. The molecule has 1 aliphatic heterocycles. The minimum Gasteiger partial charge on any atom is -0.334 e. The Kier molecular flexibility index (Phi) is 4.78. The van der Waals surface area contributed by atoms with Crippen molar-refractivity contribution in [3.05, 3.63) is 42.7 Å². The van der Waals surface area contributed by atoms with E-state index in [1.807, 2.05) is 23.1 Å². The van der Waals surface area contributed by atoms with E-state index >= 15 is 0 Å². The summed E-state index contributed by atoms with van der Waals surface area (Å²) in [4.78, 5) is 22.9. The summed E-state index contributed by atoms with van der Waals surface area (Å²) in [5, 5.41) is 4.06. The summed E-state index contributed by atoms with van der Waals surface area (Å²) in [6.45, 7) is 1.57. The predicted octanol–water partition coefficient (Wildman–Crippen LogP) is 2.21. The van der Waals surface area contributed by atoms with Gasteiger partial charge in [0, 0.05) is 25.7 Å². The Bertz CT molecular complexity index is 584. The van der Waals surface area contributed by atoms with Crippen LogP contribution in [0.4, 0.5) is 0 Å². The van der Waals surface area contributed by atoms with Gasteiger partial charge in [-0.3, -0.25) is 14.5 Å². The van der Waals surface area contributed by atoms with Crippen LogP contribution in [0.25, 0.3) is 0 Å². The summed E-state index contributed by atoms with van der Waals surface area (Å²) in [5.41, 5.74) is 1.01. The average molecular weight is 299 g/mol. The average Bonchev–Trinajstić information content (AvgIpc) is 3.09. The predicted molar refractivity (Wildman–Crippen MR) is 81.8 cm³/mol. The van der Waals surface area contributed by atoms with Crippen molar-refractivity contribution in [2.24, 2.45) is 0 Å². The number of hydrogen-bond acceptors (Lipinski definition) is 4. The maximum atomic E-state index is 12.6. The normalized spacial score (nSPS) is 18.4. The van der Waals surface area contributed by atoms with Gasteiger partial charge >= 0.3 is 0 Å². The number of aromatic nitrogens is 4. The van der Waals surface area contributed by atoms with Crippen molar-refractivity contribution in [3.8, 4) is 0 Å². The number of likely N-dealkylation sites (tertiary alicyclic amines) is 1. The molecule has 6 nitrogen and oxygen atoms in total. The Hall–Kier alpha value is -2.24. The van der Waals surface area contributed by atoms with Crippen LogP contribution in [0.3, 0.4) is 0 Å². The van der Waals surface area contributed by atoms with Crippen molar-refractivity contribution in [1.82, 2.24) is 24.6 Å². The molecule has 0 aromatic carbocycles. The van der Waals surface area contributed by atoms with E-state index in [-0.39, 0.29) is 11.9 Å². The first-order chi connectivity index (χ1) is 10.8. The lowest BCUT2D eigenvalue weighted by molar-refractivity contribution is -0.135. The molecule has 0 bridgehead atoms. The fourth-order valence-corrected chi connectivity index (χ4v) is 2.99. The number of carbonyl (C=O) groups is 1. The zero-order chi connectivity index (χ0) is 15.2.